The zero-order valence-corrected chi connectivity index (χ0v) is 26.8. The first-order valence-corrected chi connectivity index (χ1v) is 15.4. The Hall–Kier alpha value is -2.91. The van der Waals surface area contributed by atoms with Gasteiger partial charge in [-0.3, -0.25) is 14.4 Å². The van der Waals surface area contributed by atoms with E-state index in [4.69, 9.17) is 4.74 Å². The Morgan fingerprint density at radius 3 is 2.14 bits per heavy atom. The molecule has 2 aliphatic carbocycles. The number of rotatable bonds is 8. The maximum absolute atomic E-state index is 14.1. The van der Waals surface area contributed by atoms with E-state index in [0.29, 0.717) is 17.8 Å². The van der Waals surface area contributed by atoms with E-state index in [-0.39, 0.29) is 35.6 Å². The van der Waals surface area contributed by atoms with Gasteiger partial charge in [0.2, 0.25) is 16.8 Å². The van der Waals surface area contributed by atoms with Crippen molar-refractivity contribution in [3.05, 3.63) is 26.0 Å². The average molecular weight is 587 g/mol. The van der Waals surface area contributed by atoms with Crippen molar-refractivity contribution in [3.8, 4) is 0 Å². The molecule has 1 aliphatic heterocycles. The lowest BCUT2D eigenvalue weighted by Gasteiger charge is -2.37. The van der Waals surface area contributed by atoms with Crippen LogP contribution in [0, 0.1) is 28.6 Å². The second-order valence-corrected chi connectivity index (χ2v) is 15.4. The number of piperidine rings is 1. The van der Waals surface area contributed by atoms with Crippen LogP contribution in [0.2, 0.25) is 0 Å². The lowest BCUT2D eigenvalue weighted by molar-refractivity contribution is -0.154. The van der Waals surface area contributed by atoms with Gasteiger partial charge in [0.25, 0.3) is 0 Å². The molecule has 1 heterocycles. The fraction of sp³-hybridized carbons (Fsp3) is 0.781. The number of likely N-dealkylation sites (tertiary alicyclic amines) is 1. The van der Waals surface area contributed by atoms with Crippen molar-refractivity contribution in [3.63, 3.8) is 0 Å². The van der Waals surface area contributed by atoms with Crippen LogP contribution in [0.25, 0.3) is 0 Å². The molecule has 3 amide bonds. The fourth-order valence-corrected chi connectivity index (χ4v) is 7.33. The number of ether oxygens (including phenoxy) is 1. The van der Waals surface area contributed by atoms with Gasteiger partial charge in [0.15, 0.2) is 0 Å². The first kappa shape index (κ1) is 32.0. The number of carbonyl (C=O) groups is 3. The molecule has 4 rings (SSSR count). The quantitative estimate of drug-likeness (QED) is 0.314. The van der Waals surface area contributed by atoms with Crippen molar-refractivity contribution >= 4 is 23.6 Å². The summed E-state index contributed by atoms with van der Waals surface area (Å²) in [6.07, 6.45) is 4.74. The van der Waals surface area contributed by atoms with Crippen LogP contribution < -0.4 is 26.8 Å². The minimum atomic E-state index is -0.757. The number of methoxy groups -OCH3 is 1. The molecule has 10 nitrogen and oxygen atoms in total. The zero-order valence-electron chi connectivity index (χ0n) is 26.8. The summed E-state index contributed by atoms with van der Waals surface area (Å²) >= 11 is 0. The van der Waals surface area contributed by atoms with E-state index in [0.717, 1.165) is 32.1 Å². The van der Waals surface area contributed by atoms with E-state index < -0.39 is 51.8 Å². The largest absolute Gasteiger partial charge is 0.467 e. The molecule has 2 saturated carbocycles. The Labute approximate surface area is 249 Å². The van der Waals surface area contributed by atoms with Crippen molar-refractivity contribution in [2.24, 2.45) is 28.6 Å². The summed E-state index contributed by atoms with van der Waals surface area (Å²) in [6, 6.07) is -2.29. The third-order valence-electron chi connectivity index (χ3n) is 10.1. The van der Waals surface area contributed by atoms with Crippen LogP contribution in [0.5, 0.6) is 0 Å². The topological polar surface area (TPSA) is 134 Å². The summed E-state index contributed by atoms with van der Waals surface area (Å²) < 4.78 is 5.12. The van der Waals surface area contributed by atoms with Gasteiger partial charge in [-0.1, -0.05) is 74.7 Å². The number of hydrogen-bond donors (Lipinski definition) is 3. The number of carbonyl (C=O) groups excluding carboxylic acids is 3. The number of hydrogen-bond acceptors (Lipinski definition) is 7. The maximum atomic E-state index is 14.1. The zero-order chi connectivity index (χ0) is 31.4. The van der Waals surface area contributed by atoms with Crippen LogP contribution in [-0.4, -0.2) is 61.1 Å². The highest BCUT2D eigenvalue weighted by Gasteiger charge is 2.70. The standard InChI is InChI=1S/C32H50N4O6/c1-30(2,3)19(15-33-23-21(31(4,5)6)25(37)26(23)38)34-29(41)35-22(17-13-11-10-12-14-17)27(39)36-16-18-20(32(18,7)8)24(36)28(40)42-9/h17-20,22,24,33H,10-16H2,1-9H3,(H2,34,35,41)/t18?,19-,20?,22+,24+/m1/s1. The normalized spacial score (nSPS) is 25.4. The summed E-state index contributed by atoms with van der Waals surface area (Å²) in [5.41, 5.74) is -1.12. The Morgan fingerprint density at radius 1 is 0.976 bits per heavy atom. The number of anilines is 1. The lowest BCUT2D eigenvalue weighted by Crippen LogP contribution is -2.60. The molecule has 0 aromatic heterocycles. The summed E-state index contributed by atoms with van der Waals surface area (Å²) in [4.78, 5) is 66.7. The van der Waals surface area contributed by atoms with Crippen LogP contribution in [-0.2, 0) is 19.7 Å². The van der Waals surface area contributed by atoms with Crippen molar-refractivity contribution in [1.82, 2.24) is 15.5 Å². The van der Waals surface area contributed by atoms with Gasteiger partial charge in [0, 0.05) is 24.6 Å². The number of esters is 1. The molecule has 1 aromatic rings. The molecule has 1 aromatic carbocycles. The minimum absolute atomic E-state index is 0.0236. The number of fused-ring (bicyclic) bond motifs is 1. The smallest absolute Gasteiger partial charge is 0.328 e. The number of amides is 3. The maximum Gasteiger partial charge on any atom is 0.328 e. The van der Waals surface area contributed by atoms with Gasteiger partial charge in [0.1, 0.15) is 12.1 Å². The number of nitrogens with one attached hydrogen (secondary N) is 3. The number of nitrogens with zero attached hydrogens (tertiary/aromatic N) is 1. The van der Waals surface area contributed by atoms with Gasteiger partial charge < -0.3 is 25.6 Å². The molecular formula is C32H50N4O6. The Bertz CT molecular complexity index is 1280. The SMILES string of the molecule is COC(=O)[C@@H]1C2C(CN1C(=O)[C@@H](NC(=O)N[C@H](CNc1c(C(C)(C)C)c(=O)c1=O)C(C)(C)C)C1CCCCC1)C2(C)C. The van der Waals surface area contributed by atoms with E-state index >= 15 is 0 Å². The Morgan fingerprint density at radius 2 is 1.60 bits per heavy atom. The Balaban J connectivity index is 1.50. The van der Waals surface area contributed by atoms with Crippen molar-refractivity contribution in [2.75, 3.05) is 25.5 Å². The molecule has 5 atom stereocenters. The molecule has 3 N–H and O–H groups in total. The summed E-state index contributed by atoms with van der Waals surface area (Å²) in [5.74, 6) is -0.361. The van der Waals surface area contributed by atoms with E-state index in [1.165, 1.54) is 7.11 Å². The monoisotopic (exact) mass is 586 g/mol. The lowest BCUT2D eigenvalue weighted by atomic mass is 9.82. The van der Waals surface area contributed by atoms with Crippen LogP contribution in [0.15, 0.2) is 9.59 Å². The molecule has 3 fully saturated rings. The van der Waals surface area contributed by atoms with E-state index in [2.05, 4.69) is 29.8 Å². The second-order valence-electron chi connectivity index (χ2n) is 15.4. The fourth-order valence-electron chi connectivity index (χ4n) is 7.33. The first-order chi connectivity index (χ1) is 19.4. The van der Waals surface area contributed by atoms with Crippen LogP contribution in [0.4, 0.5) is 10.5 Å². The molecule has 10 heteroatoms. The highest BCUT2D eigenvalue weighted by atomic mass is 16.5. The van der Waals surface area contributed by atoms with Gasteiger partial charge in [-0.2, -0.15) is 0 Å². The van der Waals surface area contributed by atoms with Crippen molar-refractivity contribution < 1.29 is 19.1 Å². The van der Waals surface area contributed by atoms with Crippen LogP contribution in [0.1, 0.15) is 93.1 Å². The van der Waals surface area contributed by atoms with E-state index in [1.54, 1.807) is 4.90 Å². The van der Waals surface area contributed by atoms with Gasteiger partial charge in [-0.25, -0.2) is 9.59 Å². The molecule has 3 aliphatic rings. The third-order valence-corrected chi connectivity index (χ3v) is 10.1. The van der Waals surface area contributed by atoms with Gasteiger partial charge in [-0.15, -0.1) is 0 Å². The van der Waals surface area contributed by atoms with Gasteiger partial charge >= 0.3 is 12.0 Å². The van der Waals surface area contributed by atoms with Gasteiger partial charge in [-0.05, 0) is 40.9 Å². The van der Waals surface area contributed by atoms with Crippen molar-refractivity contribution in [2.45, 2.75) is 111 Å². The molecule has 42 heavy (non-hydrogen) atoms. The summed E-state index contributed by atoms with van der Waals surface area (Å²) in [7, 11) is 1.35. The first-order valence-electron chi connectivity index (χ1n) is 15.4. The molecule has 2 unspecified atom stereocenters. The second kappa shape index (κ2) is 11.3. The molecule has 0 radical (unpaired) electrons. The highest BCUT2D eigenvalue weighted by molar-refractivity contribution is 5.92. The molecule has 0 bridgehead atoms. The Kier molecular flexibility index (Phi) is 8.61. The molecule has 234 valence electrons. The molecule has 1 saturated heterocycles. The van der Waals surface area contributed by atoms with E-state index in [1.807, 2.05) is 41.5 Å². The van der Waals surface area contributed by atoms with Gasteiger partial charge in [0.05, 0.1) is 18.8 Å². The predicted molar refractivity (Wildman–Crippen MR) is 162 cm³/mol. The van der Waals surface area contributed by atoms with E-state index in [9.17, 15) is 24.0 Å². The molecule has 0 spiro atoms. The highest BCUT2D eigenvalue weighted by Crippen LogP contribution is 2.65. The van der Waals surface area contributed by atoms with Crippen LogP contribution >= 0.6 is 0 Å². The predicted octanol–water partition coefficient (Wildman–Crippen LogP) is 3.31. The van der Waals surface area contributed by atoms with Crippen LogP contribution in [0.3, 0.4) is 0 Å². The summed E-state index contributed by atoms with van der Waals surface area (Å²) in [6.45, 7) is 16.6. The number of urea groups is 1. The minimum Gasteiger partial charge on any atom is -0.467 e. The molecular weight excluding hydrogens is 536 g/mol. The average Bonchev–Trinajstić information content (AvgIpc) is 3.23. The third kappa shape index (κ3) is 5.95. The summed E-state index contributed by atoms with van der Waals surface area (Å²) in [5, 5.41) is 9.18. The van der Waals surface area contributed by atoms with Crippen molar-refractivity contribution in [1.29, 1.82) is 0 Å².